The molecule has 1 fully saturated rings. The van der Waals surface area contributed by atoms with E-state index in [0.717, 1.165) is 17.1 Å². The van der Waals surface area contributed by atoms with Gasteiger partial charge in [-0.15, -0.1) is 0 Å². The van der Waals surface area contributed by atoms with E-state index in [1.54, 1.807) is 30.2 Å². The van der Waals surface area contributed by atoms with Crippen LogP contribution in [0.25, 0.3) is 0 Å². The lowest BCUT2D eigenvalue weighted by Gasteiger charge is -2.41. The predicted molar refractivity (Wildman–Crippen MR) is 93.1 cm³/mol. The Balaban J connectivity index is 1.33. The molecule has 0 N–H and O–H groups in total. The number of amides is 1. The van der Waals surface area contributed by atoms with Crippen molar-refractivity contribution in [1.82, 2.24) is 4.90 Å². The average molecular weight is 357 g/mol. The number of benzene rings is 2. The summed E-state index contributed by atoms with van der Waals surface area (Å²) in [6.45, 7) is 1.30. The van der Waals surface area contributed by atoms with Crippen LogP contribution in [0.1, 0.15) is 5.56 Å². The molecule has 4 rings (SSSR count). The molecule has 0 radical (unpaired) electrons. The molecule has 0 aromatic heterocycles. The van der Waals surface area contributed by atoms with Gasteiger partial charge in [-0.05, 0) is 30.2 Å². The molecule has 0 aliphatic carbocycles. The maximum atomic E-state index is 13.6. The first-order valence-corrected chi connectivity index (χ1v) is 8.63. The fourth-order valence-corrected chi connectivity index (χ4v) is 3.31. The van der Waals surface area contributed by atoms with Crippen LogP contribution in [0.3, 0.4) is 0 Å². The molecule has 5 nitrogen and oxygen atoms in total. The summed E-state index contributed by atoms with van der Waals surface area (Å²) in [5.74, 6) is 1.21. The molecule has 1 unspecified atom stereocenters. The number of fused-ring (bicyclic) bond motifs is 1. The molecule has 2 aromatic carbocycles. The third kappa shape index (κ3) is 3.19. The van der Waals surface area contributed by atoms with Gasteiger partial charge >= 0.3 is 0 Å². The molecule has 1 atom stereocenters. The van der Waals surface area contributed by atoms with Gasteiger partial charge in [-0.25, -0.2) is 4.39 Å². The van der Waals surface area contributed by atoms with Crippen molar-refractivity contribution in [2.75, 3.05) is 26.8 Å². The third-order valence-electron chi connectivity index (χ3n) is 4.82. The first kappa shape index (κ1) is 16.7. The molecule has 2 aliphatic rings. The van der Waals surface area contributed by atoms with Crippen LogP contribution in [0.15, 0.2) is 42.5 Å². The van der Waals surface area contributed by atoms with Crippen LogP contribution >= 0.6 is 0 Å². The number of para-hydroxylation sites is 1. The van der Waals surface area contributed by atoms with Gasteiger partial charge < -0.3 is 19.1 Å². The number of halogens is 1. The van der Waals surface area contributed by atoms with E-state index in [1.165, 1.54) is 6.07 Å². The summed E-state index contributed by atoms with van der Waals surface area (Å²) >= 11 is 0. The Morgan fingerprint density at radius 2 is 2.04 bits per heavy atom. The van der Waals surface area contributed by atoms with Gasteiger partial charge in [-0.3, -0.25) is 4.79 Å². The molecule has 2 heterocycles. The minimum absolute atomic E-state index is 0.0554. The van der Waals surface area contributed by atoms with Gasteiger partial charge in [0.05, 0.1) is 26.1 Å². The van der Waals surface area contributed by atoms with Crippen molar-refractivity contribution < 1.29 is 23.4 Å². The van der Waals surface area contributed by atoms with Crippen molar-refractivity contribution in [3.05, 3.63) is 53.8 Å². The standard InChI is InChI=1S/C20H20FNO4/c1-24-15-7-6-13-8-14(12-25-19(13)9-15)20(23)22-10-16(11-22)26-18-5-3-2-4-17(18)21/h2-7,9,14,16H,8,10-12H2,1H3. The zero-order chi connectivity index (χ0) is 18.1. The highest BCUT2D eigenvalue weighted by Crippen LogP contribution is 2.32. The summed E-state index contributed by atoms with van der Waals surface area (Å²) in [7, 11) is 1.61. The number of nitrogens with zero attached hydrogens (tertiary/aromatic N) is 1. The Morgan fingerprint density at radius 1 is 1.23 bits per heavy atom. The zero-order valence-corrected chi connectivity index (χ0v) is 14.5. The largest absolute Gasteiger partial charge is 0.497 e. The molecule has 1 amide bonds. The third-order valence-corrected chi connectivity index (χ3v) is 4.82. The van der Waals surface area contributed by atoms with Gasteiger partial charge in [0.2, 0.25) is 5.91 Å². The fraction of sp³-hybridized carbons (Fsp3) is 0.350. The Labute approximate surface area is 151 Å². The second kappa shape index (κ2) is 6.86. The smallest absolute Gasteiger partial charge is 0.229 e. The molecule has 1 saturated heterocycles. The summed E-state index contributed by atoms with van der Waals surface area (Å²) < 4.78 is 30.2. The van der Waals surface area contributed by atoms with Gasteiger partial charge in [-0.1, -0.05) is 18.2 Å². The normalized spacial score (nSPS) is 19.2. The number of carbonyl (C=O) groups excluding carboxylic acids is 1. The van der Waals surface area contributed by atoms with Gasteiger partial charge in [0, 0.05) is 6.07 Å². The first-order valence-electron chi connectivity index (χ1n) is 8.63. The number of rotatable bonds is 4. The average Bonchev–Trinajstić information content (AvgIpc) is 2.64. The lowest BCUT2D eigenvalue weighted by atomic mass is 9.94. The number of carbonyl (C=O) groups is 1. The van der Waals surface area contributed by atoms with Crippen LogP contribution in [0.5, 0.6) is 17.2 Å². The summed E-state index contributed by atoms with van der Waals surface area (Å²) in [6.07, 6.45) is 0.477. The van der Waals surface area contributed by atoms with E-state index >= 15 is 0 Å². The summed E-state index contributed by atoms with van der Waals surface area (Å²) in [5, 5.41) is 0. The van der Waals surface area contributed by atoms with E-state index in [4.69, 9.17) is 14.2 Å². The van der Waals surface area contributed by atoms with Gasteiger partial charge in [0.25, 0.3) is 0 Å². The number of likely N-dealkylation sites (tertiary alicyclic amines) is 1. The zero-order valence-electron chi connectivity index (χ0n) is 14.5. The summed E-state index contributed by atoms with van der Waals surface area (Å²) in [4.78, 5) is 14.4. The number of methoxy groups -OCH3 is 1. The minimum Gasteiger partial charge on any atom is -0.497 e. The fourth-order valence-electron chi connectivity index (χ4n) is 3.31. The molecular formula is C20H20FNO4. The van der Waals surface area contributed by atoms with E-state index < -0.39 is 0 Å². The highest BCUT2D eigenvalue weighted by molar-refractivity contribution is 5.80. The van der Waals surface area contributed by atoms with Crippen LogP contribution in [0.2, 0.25) is 0 Å². The van der Waals surface area contributed by atoms with Crippen molar-refractivity contribution in [2.24, 2.45) is 5.92 Å². The number of hydrogen-bond donors (Lipinski definition) is 0. The molecular weight excluding hydrogens is 337 g/mol. The summed E-state index contributed by atoms with van der Waals surface area (Å²) in [6, 6.07) is 12.0. The molecule has 6 heteroatoms. The molecule has 136 valence electrons. The van der Waals surface area contributed by atoms with E-state index in [2.05, 4.69) is 0 Å². The van der Waals surface area contributed by atoms with E-state index in [0.29, 0.717) is 26.1 Å². The highest BCUT2D eigenvalue weighted by Gasteiger charge is 2.37. The molecule has 0 saturated carbocycles. The Hall–Kier alpha value is -2.76. The molecule has 0 bridgehead atoms. The SMILES string of the molecule is COc1ccc2c(c1)OCC(C(=O)N1CC(Oc3ccccc3F)C1)C2. The van der Waals surface area contributed by atoms with Crippen molar-refractivity contribution in [1.29, 1.82) is 0 Å². The van der Waals surface area contributed by atoms with Gasteiger partial charge in [-0.2, -0.15) is 0 Å². The monoisotopic (exact) mass is 357 g/mol. The second-order valence-corrected chi connectivity index (χ2v) is 6.60. The van der Waals surface area contributed by atoms with Crippen molar-refractivity contribution >= 4 is 5.91 Å². The second-order valence-electron chi connectivity index (χ2n) is 6.60. The quantitative estimate of drug-likeness (QED) is 0.844. The highest BCUT2D eigenvalue weighted by atomic mass is 19.1. The first-order chi connectivity index (χ1) is 12.6. The van der Waals surface area contributed by atoms with Crippen LogP contribution in [-0.2, 0) is 11.2 Å². The maximum absolute atomic E-state index is 13.6. The molecule has 2 aliphatic heterocycles. The maximum Gasteiger partial charge on any atom is 0.229 e. The van der Waals surface area contributed by atoms with Crippen LogP contribution < -0.4 is 14.2 Å². The van der Waals surface area contributed by atoms with Gasteiger partial charge in [0.15, 0.2) is 11.6 Å². The van der Waals surface area contributed by atoms with Crippen LogP contribution in [-0.4, -0.2) is 43.7 Å². The minimum atomic E-state index is -0.384. The van der Waals surface area contributed by atoms with Crippen LogP contribution in [0.4, 0.5) is 4.39 Å². The molecule has 2 aromatic rings. The predicted octanol–water partition coefficient (Wildman–Crippen LogP) is 2.68. The Kier molecular flexibility index (Phi) is 4.41. The van der Waals surface area contributed by atoms with Crippen LogP contribution in [0, 0.1) is 11.7 Å². The molecule has 26 heavy (non-hydrogen) atoms. The van der Waals surface area contributed by atoms with Crippen molar-refractivity contribution in [3.63, 3.8) is 0 Å². The number of hydrogen-bond acceptors (Lipinski definition) is 4. The van der Waals surface area contributed by atoms with E-state index in [-0.39, 0.29) is 29.5 Å². The topological polar surface area (TPSA) is 48.0 Å². The Morgan fingerprint density at radius 3 is 2.81 bits per heavy atom. The van der Waals surface area contributed by atoms with E-state index in [9.17, 15) is 9.18 Å². The molecule has 0 spiro atoms. The Bertz CT molecular complexity index is 819. The lowest BCUT2D eigenvalue weighted by Crippen LogP contribution is -2.58. The lowest BCUT2D eigenvalue weighted by molar-refractivity contribution is -0.146. The van der Waals surface area contributed by atoms with E-state index in [1.807, 2.05) is 18.2 Å². The van der Waals surface area contributed by atoms with Crippen molar-refractivity contribution in [2.45, 2.75) is 12.5 Å². The number of ether oxygens (including phenoxy) is 3. The van der Waals surface area contributed by atoms with Crippen molar-refractivity contribution in [3.8, 4) is 17.2 Å². The summed E-state index contributed by atoms with van der Waals surface area (Å²) in [5.41, 5.74) is 1.01. The van der Waals surface area contributed by atoms with Gasteiger partial charge in [0.1, 0.15) is 24.2 Å².